The average Bonchev–Trinajstić information content (AvgIpc) is 1.88. The first-order chi connectivity index (χ1) is 4.70. The summed E-state index contributed by atoms with van der Waals surface area (Å²) in [6.45, 7) is 1.75. The van der Waals surface area contributed by atoms with Gasteiger partial charge in [0, 0.05) is 6.20 Å². The van der Waals surface area contributed by atoms with Gasteiger partial charge in [0.2, 0.25) is 0 Å². The number of aryl methyl sites for hydroxylation is 1. The number of aromatic carboxylic acids is 1. The molecule has 0 atom stereocenters. The van der Waals surface area contributed by atoms with Gasteiger partial charge in [-0.15, -0.1) is 0 Å². The molecule has 0 aliphatic rings. The van der Waals surface area contributed by atoms with Gasteiger partial charge in [0.25, 0.3) is 0 Å². The van der Waals surface area contributed by atoms with E-state index in [1.54, 1.807) is 6.92 Å². The summed E-state index contributed by atoms with van der Waals surface area (Å²) in [4.78, 5) is 17.6. The normalized spacial score (nSPS) is 8.45. The van der Waals surface area contributed by atoms with E-state index in [9.17, 15) is 4.79 Å². The Morgan fingerprint density at radius 3 is 2.45 bits per heavy atom. The van der Waals surface area contributed by atoms with Crippen LogP contribution < -0.4 is 51.4 Å². The monoisotopic (exact) mass is 177 g/mol. The van der Waals surface area contributed by atoms with Gasteiger partial charge in [-0.2, -0.15) is 0 Å². The molecule has 11 heavy (non-hydrogen) atoms. The Morgan fingerprint density at radius 1 is 1.45 bits per heavy atom. The number of carboxylic acids is 1. The Morgan fingerprint density at radius 2 is 2.09 bits per heavy atom. The Bertz CT molecular complexity index is 247. The van der Waals surface area contributed by atoms with Crippen LogP contribution in [0.5, 0.6) is 0 Å². The third-order valence-corrected chi connectivity index (χ3v) is 1.00. The van der Waals surface area contributed by atoms with Gasteiger partial charge < -0.3 is 5.11 Å². The van der Waals surface area contributed by atoms with Gasteiger partial charge in [-0.3, -0.25) is 4.98 Å². The fourth-order valence-electron chi connectivity index (χ4n) is 0.503. The maximum atomic E-state index is 10.2. The standard InChI is InChI=1S/C6H6N2O2.K/c1-4-2-8-5(3-7-4)6(9)10;/h2-3H,1H3,(H,9,10);/q;+1. The van der Waals surface area contributed by atoms with Crippen molar-refractivity contribution in [2.45, 2.75) is 6.92 Å². The molecular formula is C6H6KN2O2+. The molecular weight excluding hydrogens is 171 g/mol. The quantitative estimate of drug-likeness (QED) is 0.481. The average molecular weight is 177 g/mol. The number of hydrogen-bond acceptors (Lipinski definition) is 3. The van der Waals surface area contributed by atoms with Crippen molar-refractivity contribution >= 4 is 5.97 Å². The van der Waals surface area contributed by atoms with Crippen LogP contribution in [0.3, 0.4) is 0 Å². The molecule has 0 unspecified atom stereocenters. The molecule has 1 heterocycles. The molecule has 0 aliphatic heterocycles. The van der Waals surface area contributed by atoms with Crippen molar-refractivity contribution in [2.24, 2.45) is 0 Å². The minimum atomic E-state index is -1.05. The zero-order valence-corrected chi connectivity index (χ0v) is 9.53. The maximum Gasteiger partial charge on any atom is 1.00 e. The molecule has 0 aliphatic carbocycles. The van der Waals surface area contributed by atoms with Crippen LogP contribution >= 0.6 is 0 Å². The van der Waals surface area contributed by atoms with Crippen molar-refractivity contribution in [1.82, 2.24) is 9.97 Å². The Labute approximate surface area is 106 Å². The third kappa shape index (κ3) is 3.39. The smallest absolute Gasteiger partial charge is 0.476 e. The molecule has 0 amide bonds. The number of rotatable bonds is 1. The molecule has 1 rings (SSSR count). The fourth-order valence-corrected chi connectivity index (χ4v) is 0.503. The summed E-state index contributed by atoms with van der Waals surface area (Å²) in [6, 6.07) is 0. The van der Waals surface area contributed by atoms with E-state index in [4.69, 9.17) is 5.11 Å². The second kappa shape index (κ2) is 4.94. The van der Waals surface area contributed by atoms with Crippen molar-refractivity contribution in [1.29, 1.82) is 0 Å². The van der Waals surface area contributed by atoms with E-state index in [2.05, 4.69) is 9.97 Å². The first-order valence-corrected chi connectivity index (χ1v) is 2.72. The summed E-state index contributed by atoms with van der Waals surface area (Å²) < 4.78 is 0. The van der Waals surface area contributed by atoms with Crippen LogP contribution in [0.1, 0.15) is 16.2 Å². The zero-order valence-electron chi connectivity index (χ0n) is 6.40. The second-order valence-corrected chi connectivity index (χ2v) is 1.85. The molecule has 0 saturated carbocycles. The van der Waals surface area contributed by atoms with Crippen molar-refractivity contribution in [3.8, 4) is 0 Å². The van der Waals surface area contributed by atoms with Crippen LogP contribution in [0.25, 0.3) is 0 Å². The van der Waals surface area contributed by atoms with Crippen LogP contribution in [0.2, 0.25) is 0 Å². The van der Waals surface area contributed by atoms with E-state index in [0.29, 0.717) is 5.69 Å². The largest absolute Gasteiger partial charge is 1.00 e. The number of hydrogen-bond donors (Lipinski definition) is 1. The van der Waals surface area contributed by atoms with Crippen LogP contribution in [0.4, 0.5) is 0 Å². The maximum absolute atomic E-state index is 10.2. The molecule has 5 heteroatoms. The van der Waals surface area contributed by atoms with Gasteiger partial charge in [0.15, 0.2) is 5.69 Å². The van der Waals surface area contributed by atoms with Gasteiger partial charge in [0.05, 0.1) is 11.9 Å². The molecule has 0 spiro atoms. The first-order valence-electron chi connectivity index (χ1n) is 2.72. The van der Waals surface area contributed by atoms with Crippen molar-refractivity contribution in [3.63, 3.8) is 0 Å². The summed E-state index contributed by atoms with van der Waals surface area (Å²) in [7, 11) is 0. The SMILES string of the molecule is Cc1cnc(C(=O)O)cn1.[K+]. The van der Waals surface area contributed by atoms with Gasteiger partial charge >= 0.3 is 57.4 Å². The molecule has 1 aromatic heterocycles. The van der Waals surface area contributed by atoms with Gasteiger partial charge in [-0.1, -0.05) is 0 Å². The Balaban J connectivity index is 0.000001000. The topological polar surface area (TPSA) is 63.1 Å². The molecule has 0 saturated heterocycles. The summed E-state index contributed by atoms with van der Waals surface area (Å²) in [5.41, 5.74) is 0.690. The van der Waals surface area contributed by atoms with Crippen LogP contribution in [0, 0.1) is 6.92 Å². The Kier molecular flexibility index (Phi) is 5.03. The van der Waals surface area contributed by atoms with Crippen LogP contribution in [-0.2, 0) is 0 Å². The van der Waals surface area contributed by atoms with E-state index < -0.39 is 5.97 Å². The number of carbonyl (C=O) groups is 1. The first kappa shape index (κ1) is 11.2. The predicted octanol–water partition coefficient (Wildman–Crippen LogP) is -2.51. The minimum Gasteiger partial charge on any atom is -0.476 e. The molecule has 4 nitrogen and oxygen atoms in total. The van der Waals surface area contributed by atoms with Crippen LogP contribution in [0.15, 0.2) is 12.4 Å². The molecule has 0 aromatic carbocycles. The summed E-state index contributed by atoms with van der Waals surface area (Å²) in [6.07, 6.45) is 2.65. The molecule has 52 valence electrons. The summed E-state index contributed by atoms with van der Waals surface area (Å²) in [5, 5.41) is 8.37. The van der Waals surface area contributed by atoms with E-state index in [0.717, 1.165) is 0 Å². The van der Waals surface area contributed by atoms with Crippen molar-refractivity contribution in [3.05, 3.63) is 23.8 Å². The van der Waals surface area contributed by atoms with E-state index in [1.807, 2.05) is 0 Å². The molecule has 0 bridgehead atoms. The minimum absolute atomic E-state index is 0. The molecule has 1 N–H and O–H groups in total. The molecule has 0 fully saturated rings. The fraction of sp³-hybridized carbons (Fsp3) is 0.167. The van der Waals surface area contributed by atoms with Crippen molar-refractivity contribution < 1.29 is 61.3 Å². The second-order valence-electron chi connectivity index (χ2n) is 1.85. The number of aromatic nitrogens is 2. The van der Waals surface area contributed by atoms with E-state index in [-0.39, 0.29) is 57.1 Å². The third-order valence-electron chi connectivity index (χ3n) is 1.00. The number of carboxylic acid groups (broad SMARTS) is 1. The number of nitrogens with zero attached hydrogens (tertiary/aromatic N) is 2. The zero-order chi connectivity index (χ0) is 7.56. The molecule has 0 radical (unpaired) electrons. The van der Waals surface area contributed by atoms with E-state index >= 15 is 0 Å². The van der Waals surface area contributed by atoms with Crippen molar-refractivity contribution in [2.75, 3.05) is 0 Å². The van der Waals surface area contributed by atoms with Crippen LogP contribution in [-0.4, -0.2) is 21.0 Å². The molecule has 1 aromatic rings. The van der Waals surface area contributed by atoms with Gasteiger partial charge in [0.1, 0.15) is 0 Å². The van der Waals surface area contributed by atoms with E-state index in [1.165, 1.54) is 12.4 Å². The Hall–Kier alpha value is 0.186. The summed E-state index contributed by atoms with van der Waals surface area (Å²) >= 11 is 0. The predicted molar refractivity (Wildman–Crippen MR) is 33.7 cm³/mol. The van der Waals surface area contributed by atoms with Gasteiger partial charge in [-0.05, 0) is 6.92 Å². The summed E-state index contributed by atoms with van der Waals surface area (Å²) in [5.74, 6) is -1.05. The van der Waals surface area contributed by atoms with Gasteiger partial charge in [-0.25, -0.2) is 9.78 Å².